The Morgan fingerprint density at radius 3 is 3.17 bits per heavy atom. The van der Waals surface area contributed by atoms with Gasteiger partial charge in [0, 0.05) is 18.7 Å². The van der Waals surface area contributed by atoms with Crippen LogP contribution < -0.4 is 15.4 Å². The second-order valence-corrected chi connectivity index (χ2v) is 4.57. The molecular weight excluding hydrogens is 233 g/mol. The highest BCUT2D eigenvalue weighted by Gasteiger charge is 2.22. The van der Waals surface area contributed by atoms with E-state index in [1.165, 1.54) is 12.6 Å². The zero-order valence-corrected chi connectivity index (χ0v) is 10.9. The Hall–Kier alpha value is -1.36. The number of anilines is 1. The maximum atomic E-state index is 13.4. The van der Waals surface area contributed by atoms with Gasteiger partial charge in [-0.1, -0.05) is 0 Å². The number of nitrogens with one attached hydrogen (secondary N) is 2. The molecule has 1 aromatic rings. The van der Waals surface area contributed by atoms with Crippen molar-refractivity contribution in [2.45, 2.75) is 38.8 Å². The molecule has 0 amide bonds. The van der Waals surface area contributed by atoms with Gasteiger partial charge < -0.3 is 15.4 Å². The van der Waals surface area contributed by atoms with Crippen molar-refractivity contribution in [2.75, 3.05) is 18.4 Å². The zero-order chi connectivity index (χ0) is 13.0. The predicted octanol–water partition coefficient (Wildman–Crippen LogP) is 2.17. The summed E-state index contributed by atoms with van der Waals surface area (Å²) in [6.07, 6.45) is 3.80. The predicted molar refractivity (Wildman–Crippen MR) is 69.5 cm³/mol. The van der Waals surface area contributed by atoms with Crippen molar-refractivity contribution in [3.8, 4) is 5.75 Å². The Morgan fingerprint density at radius 1 is 1.67 bits per heavy atom. The van der Waals surface area contributed by atoms with Crippen molar-refractivity contribution in [1.82, 2.24) is 10.3 Å². The smallest absolute Gasteiger partial charge is 0.236 e. The van der Waals surface area contributed by atoms with Crippen molar-refractivity contribution >= 4 is 5.69 Å². The molecule has 2 rings (SSSR count). The molecule has 0 spiro atoms. The van der Waals surface area contributed by atoms with Gasteiger partial charge >= 0.3 is 0 Å². The Balaban J connectivity index is 2.01. The van der Waals surface area contributed by atoms with Crippen LogP contribution in [0.3, 0.4) is 0 Å². The molecule has 1 aliphatic heterocycles. The summed E-state index contributed by atoms with van der Waals surface area (Å²) < 4.78 is 19.2. The summed E-state index contributed by atoms with van der Waals surface area (Å²) in [4.78, 5) is 3.70. The van der Waals surface area contributed by atoms with Gasteiger partial charge in [-0.2, -0.15) is 4.39 Å². The molecular formula is C13H20FN3O. The molecule has 1 aliphatic rings. The van der Waals surface area contributed by atoms with Crippen molar-refractivity contribution < 1.29 is 9.13 Å². The fraction of sp³-hybridized carbons (Fsp3) is 0.615. The maximum absolute atomic E-state index is 13.4. The van der Waals surface area contributed by atoms with Crippen LogP contribution in [-0.4, -0.2) is 30.2 Å². The molecule has 0 aliphatic carbocycles. The number of halogens is 1. The van der Waals surface area contributed by atoms with E-state index in [0.29, 0.717) is 24.0 Å². The minimum Gasteiger partial charge on any atom is -0.487 e. The maximum Gasteiger partial charge on any atom is 0.236 e. The summed E-state index contributed by atoms with van der Waals surface area (Å²) in [7, 11) is 0. The summed E-state index contributed by atoms with van der Waals surface area (Å²) >= 11 is 0. The van der Waals surface area contributed by atoms with Gasteiger partial charge in [0.05, 0.1) is 11.9 Å². The second-order valence-electron chi connectivity index (χ2n) is 4.57. The van der Waals surface area contributed by atoms with E-state index in [9.17, 15) is 4.39 Å². The molecule has 18 heavy (non-hydrogen) atoms. The number of hydrogen-bond donors (Lipinski definition) is 2. The molecule has 2 atom stereocenters. The summed E-state index contributed by atoms with van der Waals surface area (Å²) in [5.41, 5.74) is 0.390. The van der Waals surface area contributed by atoms with Crippen LogP contribution in [0.4, 0.5) is 10.1 Å². The van der Waals surface area contributed by atoms with Gasteiger partial charge in [0.2, 0.25) is 5.95 Å². The molecule has 0 aromatic carbocycles. The average molecular weight is 253 g/mol. The molecule has 1 unspecified atom stereocenters. The van der Waals surface area contributed by atoms with Gasteiger partial charge in [0.25, 0.3) is 0 Å². The van der Waals surface area contributed by atoms with Crippen LogP contribution in [0.2, 0.25) is 0 Å². The first-order valence-electron chi connectivity index (χ1n) is 6.50. The lowest BCUT2D eigenvalue weighted by Gasteiger charge is -2.21. The first kappa shape index (κ1) is 13.1. The summed E-state index contributed by atoms with van der Waals surface area (Å²) in [5, 5.41) is 6.32. The Kier molecular flexibility index (Phi) is 4.36. The topological polar surface area (TPSA) is 46.2 Å². The van der Waals surface area contributed by atoms with Crippen LogP contribution in [0.15, 0.2) is 12.3 Å². The van der Waals surface area contributed by atoms with Crippen LogP contribution in [0.1, 0.15) is 26.7 Å². The standard InChI is InChI=1S/C13H20FN3O/c1-3-15-12-7-10(8-17-13(12)14)18-9(2)11-5-4-6-16-11/h7-9,11,15-16H,3-6H2,1-2H3/t9?,11-/m0/s1. The van der Waals surface area contributed by atoms with E-state index in [1.807, 2.05) is 13.8 Å². The van der Waals surface area contributed by atoms with Crippen molar-refractivity contribution in [1.29, 1.82) is 0 Å². The van der Waals surface area contributed by atoms with Gasteiger partial charge in [0.1, 0.15) is 11.9 Å². The quantitative estimate of drug-likeness (QED) is 0.789. The molecule has 0 saturated carbocycles. The lowest BCUT2D eigenvalue weighted by Crippen LogP contribution is -2.36. The molecule has 0 bridgehead atoms. The monoisotopic (exact) mass is 253 g/mol. The van der Waals surface area contributed by atoms with E-state index >= 15 is 0 Å². The highest BCUT2D eigenvalue weighted by atomic mass is 19.1. The number of rotatable bonds is 5. The summed E-state index contributed by atoms with van der Waals surface area (Å²) in [5.74, 6) is 0.115. The molecule has 1 fully saturated rings. The zero-order valence-electron chi connectivity index (χ0n) is 10.9. The Bertz CT molecular complexity index is 394. The van der Waals surface area contributed by atoms with Gasteiger partial charge in [-0.05, 0) is 33.2 Å². The fourth-order valence-corrected chi connectivity index (χ4v) is 2.22. The number of nitrogens with zero attached hydrogens (tertiary/aromatic N) is 1. The molecule has 1 aromatic heterocycles. The highest BCUT2D eigenvalue weighted by molar-refractivity contribution is 5.46. The highest BCUT2D eigenvalue weighted by Crippen LogP contribution is 2.21. The third-order valence-electron chi connectivity index (χ3n) is 3.17. The summed E-state index contributed by atoms with van der Waals surface area (Å²) in [6, 6.07) is 2.04. The molecule has 0 radical (unpaired) electrons. The first-order valence-corrected chi connectivity index (χ1v) is 6.50. The van der Waals surface area contributed by atoms with Gasteiger partial charge in [-0.15, -0.1) is 0 Å². The number of aromatic nitrogens is 1. The van der Waals surface area contributed by atoms with Crippen molar-refractivity contribution in [2.24, 2.45) is 0 Å². The second kappa shape index (κ2) is 6.00. The molecule has 1 saturated heterocycles. The fourth-order valence-electron chi connectivity index (χ4n) is 2.22. The van der Waals surface area contributed by atoms with E-state index in [1.54, 1.807) is 6.07 Å². The minimum atomic E-state index is -0.490. The molecule has 5 heteroatoms. The van der Waals surface area contributed by atoms with Crippen LogP contribution in [0.25, 0.3) is 0 Å². The number of ether oxygens (including phenoxy) is 1. The molecule has 4 nitrogen and oxygen atoms in total. The molecule has 2 N–H and O–H groups in total. The van der Waals surface area contributed by atoms with Gasteiger partial charge in [-0.3, -0.25) is 0 Å². The van der Waals surface area contributed by atoms with Crippen molar-refractivity contribution in [3.05, 3.63) is 18.2 Å². The number of hydrogen-bond acceptors (Lipinski definition) is 4. The minimum absolute atomic E-state index is 0.0641. The van der Waals surface area contributed by atoms with E-state index in [2.05, 4.69) is 15.6 Å². The van der Waals surface area contributed by atoms with Crippen LogP contribution in [-0.2, 0) is 0 Å². The average Bonchev–Trinajstić information content (AvgIpc) is 2.87. The third kappa shape index (κ3) is 3.10. The molecule has 100 valence electrons. The lowest BCUT2D eigenvalue weighted by molar-refractivity contribution is 0.179. The first-order chi connectivity index (χ1) is 8.70. The van der Waals surface area contributed by atoms with Crippen LogP contribution >= 0.6 is 0 Å². The molecule has 2 heterocycles. The van der Waals surface area contributed by atoms with Gasteiger partial charge in [0.15, 0.2) is 0 Å². The lowest BCUT2D eigenvalue weighted by atomic mass is 10.1. The number of pyridine rings is 1. The van der Waals surface area contributed by atoms with E-state index in [0.717, 1.165) is 13.0 Å². The van der Waals surface area contributed by atoms with E-state index in [-0.39, 0.29) is 6.10 Å². The van der Waals surface area contributed by atoms with E-state index < -0.39 is 5.95 Å². The Labute approximate surface area is 107 Å². The summed E-state index contributed by atoms with van der Waals surface area (Å²) in [6.45, 7) is 5.64. The Morgan fingerprint density at radius 2 is 2.50 bits per heavy atom. The van der Waals surface area contributed by atoms with Crippen molar-refractivity contribution in [3.63, 3.8) is 0 Å². The van der Waals surface area contributed by atoms with E-state index in [4.69, 9.17) is 4.74 Å². The van der Waals surface area contributed by atoms with Crippen LogP contribution in [0.5, 0.6) is 5.75 Å². The third-order valence-corrected chi connectivity index (χ3v) is 3.17. The van der Waals surface area contributed by atoms with Crippen LogP contribution in [0, 0.1) is 5.95 Å². The largest absolute Gasteiger partial charge is 0.487 e. The van der Waals surface area contributed by atoms with Gasteiger partial charge in [-0.25, -0.2) is 4.98 Å². The SMILES string of the molecule is CCNc1cc(OC(C)[C@@H]2CCCN2)cnc1F. The normalized spacial score (nSPS) is 20.7.